The minimum atomic E-state index is -0.441. The lowest BCUT2D eigenvalue weighted by Gasteiger charge is -1.95. The number of aromatic nitrogens is 1. The first-order valence-electron chi connectivity index (χ1n) is 5.54. The van der Waals surface area contributed by atoms with Crippen LogP contribution in [0.2, 0.25) is 0 Å². The number of nitro benzene ring substituents is 1. The van der Waals surface area contributed by atoms with Gasteiger partial charge in [0.2, 0.25) is 0 Å². The van der Waals surface area contributed by atoms with E-state index in [0.29, 0.717) is 4.88 Å². The van der Waals surface area contributed by atoms with Gasteiger partial charge >= 0.3 is 5.88 Å². The van der Waals surface area contributed by atoms with E-state index in [-0.39, 0.29) is 11.6 Å². The molecule has 0 bridgehead atoms. The van der Waals surface area contributed by atoms with Crippen molar-refractivity contribution in [2.75, 3.05) is 0 Å². The molecule has 1 aromatic carbocycles. The summed E-state index contributed by atoms with van der Waals surface area (Å²) < 4.78 is 1.68. The SMILES string of the molecule is O=[N+]([O-])c1ccc(-c2sc3cccc[n+]3c2O)cc1. The topological polar surface area (TPSA) is 67.5 Å². The van der Waals surface area contributed by atoms with E-state index in [1.165, 1.54) is 23.5 Å². The van der Waals surface area contributed by atoms with Crippen LogP contribution in [-0.2, 0) is 0 Å². The number of rotatable bonds is 2. The molecule has 3 rings (SSSR count). The Balaban J connectivity index is 2.13. The van der Waals surface area contributed by atoms with E-state index in [9.17, 15) is 15.2 Å². The van der Waals surface area contributed by atoms with Crippen LogP contribution in [0.3, 0.4) is 0 Å². The molecular weight excluding hydrogens is 264 g/mol. The number of hydrogen-bond donors (Lipinski definition) is 1. The number of non-ortho nitro benzene ring substituents is 1. The van der Waals surface area contributed by atoms with Gasteiger partial charge in [0.15, 0.2) is 11.1 Å². The average Bonchev–Trinajstić information content (AvgIpc) is 2.77. The number of thiazole rings is 1. The molecule has 0 unspecified atom stereocenters. The van der Waals surface area contributed by atoms with Crippen molar-refractivity contribution in [3.05, 3.63) is 58.8 Å². The molecule has 0 amide bonds. The van der Waals surface area contributed by atoms with E-state index >= 15 is 0 Å². The van der Waals surface area contributed by atoms with Crippen LogP contribution in [0.15, 0.2) is 48.7 Å². The first-order chi connectivity index (χ1) is 9.16. The van der Waals surface area contributed by atoms with Crippen molar-refractivity contribution in [2.24, 2.45) is 0 Å². The van der Waals surface area contributed by atoms with E-state index in [0.717, 1.165) is 10.4 Å². The lowest BCUT2D eigenvalue weighted by Crippen LogP contribution is -2.16. The summed E-state index contributed by atoms with van der Waals surface area (Å²) in [5.41, 5.74) is 0.800. The van der Waals surface area contributed by atoms with Gasteiger partial charge in [-0.15, -0.1) is 4.40 Å². The minimum Gasteiger partial charge on any atom is -0.458 e. The summed E-state index contributed by atoms with van der Waals surface area (Å²) in [4.78, 5) is 11.8. The fourth-order valence-electron chi connectivity index (χ4n) is 1.87. The number of nitrogens with zero attached hydrogens (tertiary/aromatic N) is 2. The molecule has 0 atom stereocenters. The van der Waals surface area contributed by atoms with Crippen molar-refractivity contribution >= 4 is 21.9 Å². The van der Waals surface area contributed by atoms with Crippen LogP contribution >= 0.6 is 11.3 Å². The highest BCUT2D eigenvalue weighted by Crippen LogP contribution is 2.34. The molecule has 6 heteroatoms. The van der Waals surface area contributed by atoms with Crippen molar-refractivity contribution in [3.8, 4) is 16.3 Å². The molecule has 0 saturated heterocycles. The molecule has 0 aliphatic heterocycles. The third kappa shape index (κ3) is 1.92. The fourth-order valence-corrected chi connectivity index (χ4v) is 2.91. The first kappa shape index (κ1) is 11.6. The predicted octanol–water partition coefficient (Wildman–Crippen LogP) is 2.77. The molecule has 2 aromatic heterocycles. The Morgan fingerprint density at radius 2 is 1.89 bits per heavy atom. The van der Waals surface area contributed by atoms with Gasteiger partial charge in [0.05, 0.1) is 4.92 Å². The standard InChI is InChI=1S/C13H8N2O3S/c16-13-12(19-11-3-1-2-8-14(11)13)9-4-6-10(7-5-9)15(17)18/h1-8H/p+1. The van der Waals surface area contributed by atoms with Gasteiger partial charge < -0.3 is 5.11 Å². The Hall–Kier alpha value is -2.47. The van der Waals surface area contributed by atoms with Crippen molar-refractivity contribution < 1.29 is 14.4 Å². The lowest BCUT2D eigenvalue weighted by molar-refractivity contribution is -0.517. The molecule has 5 nitrogen and oxygen atoms in total. The molecule has 3 aromatic rings. The molecule has 0 aliphatic carbocycles. The van der Waals surface area contributed by atoms with E-state index in [4.69, 9.17) is 0 Å². The average molecular weight is 273 g/mol. The lowest BCUT2D eigenvalue weighted by atomic mass is 10.2. The van der Waals surface area contributed by atoms with Gasteiger partial charge in [0, 0.05) is 29.8 Å². The normalized spacial score (nSPS) is 10.7. The van der Waals surface area contributed by atoms with Crippen molar-refractivity contribution in [3.63, 3.8) is 0 Å². The smallest absolute Gasteiger partial charge is 0.390 e. The maximum absolute atomic E-state index is 10.6. The molecule has 94 valence electrons. The molecule has 2 heterocycles. The summed E-state index contributed by atoms with van der Waals surface area (Å²) in [6.45, 7) is 0. The van der Waals surface area contributed by atoms with E-state index in [1.807, 2.05) is 18.2 Å². The van der Waals surface area contributed by atoms with Crippen molar-refractivity contribution in [1.29, 1.82) is 0 Å². The molecule has 0 saturated carbocycles. The zero-order chi connectivity index (χ0) is 13.4. The van der Waals surface area contributed by atoms with Gasteiger partial charge in [-0.1, -0.05) is 11.3 Å². The number of nitro groups is 1. The molecule has 0 aliphatic rings. The number of aromatic hydroxyl groups is 1. The molecule has 0 radical (unpaired) electrons. The Morgan fingerprint density at radius 3 is 2.53 bits per heavy atom. The Labute approximate surface area is 112 Å². The second-order valence-electron chi connectivity index (χ2n) is 3.97. The maximum atomic E-state index is 10.6. The molecule has 0 spiro atoms. The van der Waals surface area contributed by atoms with Gasteiger partial charge in [-0.2, -0.15) is 0 Å². The highest BCUT2D eigenvalue weighted by Gasteiger charge is 2.21. The highest BCUT2D eigenvalue weighted by atomic mass is 32.1. The molecular formula is C13H9N2O3S+. The fraction of sp³-hybridized carbons (Fsp3) is 0. The number of hydrogen-bond acceptors (Lipinski definition) is 4. The van der Waals surface area contributed by atoms with Gasteiger partial charge in [-0.3, -0.25) is 10.1 Å². The van der Waals surface area contributed by atoms with E-state index < -0.39 is 4.92 Å². The van der Waals surface area contributed by atoms with Gasteiger partial charge in [-0.05, 0) is 18.2 Å². The Kier molecular flexibility index (Phi) is 2.64. The highest BCUT2D eigenvalue weighted by molar-refractivity contribution is 7.20. The summed E-state index contributed by atoms with van der Waals surface area (Å²) in [6, 6.07) is 11.8. The minimum absolute atomic E-state index is 0.0389. The van der Waals surface area contributed by atoms with Crippen LogP contribution in [0.4, 0.5) is 5.69 Å². The second kappa shape index (κ2) is 4.33. The first-order valence-corrected chi connectivity index (χ1v) is 6.35. The van der Waals surface area contributed by atoms with Crippen LogP contribution in [0, 0.1) is 10.1 Å². The zero-order valence-electron chi connectivity index (χ0n) is 9.69. The number of fused-ring (bicyclic) bond motifs is 1. The van der Waals surface area contributed by atoms with Crippen LogP contribution in [-0.4, -0.2) is 10.0 Å². The maximum Gasteiger partial charge on any atom is 0.390 e. The Bertz CT molecular complexity index is 765. The summed E-state index contributed by atoms with van der Waals surface area (Å²) >= 11 is 1.43. The summed E-state index contributed by atoms with van der Waals surface area (Å²) in [7, 11) is 0. The van der Waals surface area contributed by atoms with E-state index in [1.54, 1.807) is 22.7 Å². The van der Waals surface area contributed by atoms with Crippen LogP contribution in [0.5, 0.6) is 5.88 Å². The van der Waals surface area contributed by atoms with Gasteiger partial charge in [0.25, 0.3) is 10.5 Å². The Morgan fingerprint density at radius 1 is 1.16 bits per heavy atom. The van der Waals surface area contributed by atoms with E-state index in [2.05, 4.69) is 0 Å². The monoisotopic (exact) mass is 273 g/mol. The number of benzene rings is 1. The molecule has 1 N–H and O–H groups in total. The van der Waals surface area contributed by atoms with Crippen LogP contribution < -0.4 is 4.40 Å². The third-order valence-electron chi connectivity index (χ3n) is 2.80. The largest absolute Gasteiger partial charge is 0.458 e. The van der Waals surface area contributed by atoms with Crippen LogP contribution in [0.25, 0.3) is 15.3 Å². The van der Waals surface area contributed by atoms with Crippen molar-refractivity contribution in [2.45, 2.75) is 0 Å². The molecule has 19 heavy (non-hydrogen) atoms. The second-order valence-corrected chi connectivity index (χ2v) is 5.00. The zero-order valence-corrected chi connectivity index (χ0v) is 10.5. The summed E-state index contributed by atoms with van der Waals surface area (Å²) in [6.07, 6.45) is 1.77. The van der Waals surface area contributed by atoms with Gasteiger partial charge in [0.1, 0.15) is 0 Å². The number of pyridine rings is 1. The quantitative estimate of drug-likeness (QED) is 0.443. The summed E-state index contributed by atoms with van der Waals surface area (Å²) in [5, 5.41) is 20.8. The van der Waals surface area contributed by atoms with Gasteiger partial charge in [-0.25, -0.2) is 0 Å². The van der Waals surface area contributed by atoms with Crippen LogP contribution in [0.1, 0.15) is 0 Å². The molecule has 0 fully saturated rings. The third-order valence-corrected chi connectivity index (χ3v) is 3.97. The van der Waals surface area contributed by atoms with Crippen molar-refractivity contribution in [1.82, 2.24) is 0 Å². The summed E-state index contributed by atoms with van der Waals surface area (Å²) in [5.74, 6) is 0.148. The predicted molar refractivity (Wildman–Crippen MR) is 71.2 cm³/mol.